The third-order valence-corrected chi connectivity index (χ3v) is 9.88. The number of oxime groups is 1. The molecule has 0 bridgehead atoms. The first-order chi connectivity index (χ1) is 17.3. The Morgan fingerprint density at radius 1 is 1.14 bits per heavy atom. The number of rotatable bonds is 6. The first kappa shape index (κ1) is 25.2. The summed E-state index contributed by atoms with van der Waals surface area (Å²) < 4.78 is 11.6. The average molecular weight is 493 g/mol. The van der Waals surface area contributed by atoms with Crippen LogP contribution >= 0.6 is 0 Å². The van der Waals surface area contributed by atoms with Gasteiger partial charge in [-0.1, -0.05) is 29.8 Å². The van der Waals surface area contributed by atoms with Crippen molar-refractivity contribution in [3.63, 3.8) is 0 Å². The van der Waals surface area contributed by atoms with Crippen LogP contribution in [0.25, 0.3) is 0 Å². The molecule has 5 rings (SSSR count). The highest BCUT2D eigenvalue weighted by atomic mass is 16.5. The molecular formula is C30H40N2O4. The number of benzene rings is 1. The van der Waals surface area contributed by atoms with Crippen LogP contribution < -0.4 is 4.90 Å². The molecule has 2 fully saturated rings. The van der Waals surface area contributed by atoms with Gasteiger partial charge in [0.05, 0.1) is 5.71 Å². The van der Waals surface area contributed by atoms with E-state index in [1.54, 1.807) is 19.8 Å². The second-order valence-corrected chi connectivity index (χ2v) is 11.5. The van der Waals surface area contributed by atoms with E-state index >= 15 is 0 Å². The van der Waals surface area contributed by atoms with Crippen LogP contribution in [0.15, 0.2) is 52.2 Å². The van der Waals surface area contributed by atoms with Crippen molar-refractivity contribution in [3.05, 3.63) is 52.6 Å². The van der Waals surface area contributed by atoms with Crippen molar-refractivity contribution in [2.24, 2.45) is 22.4 Å². The molecule has 0 aromatic heterocycles. The lowest BCUT2D eigenvalue weighted by Gasteiger charge is -2.55. The van der Waals surface area contributed by atoms with E-state index in [1.807, 2.05) is 0 Å². The molecule has 4 aliphatic carbocycles. The molecular weight excluding hydrogens is 452 g/mol. The number of hydrogen-bond acceptors (Lipinski definition) is 6. The van der Waals surface area contributed by atoms with Crippen LogP contribution in [0, 0.1) is 17.3 Å². The number of anilines is 1. The zero-order valence-corrected chi connectivity index (χ0v) is 22.3. The highest BCUT2D eigenvalue weighted by molar-refractivity contribution is 5.97. The van der Waals surface area contributed by atoms with Crippen molar-refractivity contribution in [1.29, 1.82) is 0 Å². The van der Waals surface area contributed by atoms with Gasteiger partial charge in [-0.05, 0) is 91.7 Å². The van der Waals surface area contributed by atoms with Crippen LogP contribution in [0.2, 0.25) is 0 Å². The van der Waals surface area contributed by atoms with Gasteiger partial charge in [0.2, 0.25) is 0 Å². The molecule has 0 spiro atoms. The number of ether oxygens (including phenoxy) is 2. The zero-order chi connectivity index (χ0) is 25.7. The van der Waals surface area contributed by atoms with E-state index in [1.165, 1.54) is 22.4 Å². The second kappa shape index (κ2) is 9.46. The van der Waals surface area contributed by atoms with Crippen LogP contribution in [0.4, 0.5) is 5.69 Å². The third kappa shape index (κ3) is 3.67. The lowest BCUT2D eigenvalue weighted by atomic mass is 9.50. The summed E-state index contributed by atoms with van der Waals surface area (Å²) in [5.74, 6) is 1.12. The van der Waals surface area contributed by atoms with Gasteiger partial charge < -0.3 is 19.6 Å². The van der Waals surface area contributed by atoms with E-state index in [0.717, 1.165) is 50.7 Å². The molecule has 194 valence electrons. The Kier molecular flexibility index (Phi) is 6.63. The molecule has 1 N–H and O–H groups in total. The first-order valence-corrected chi connectivity index (χ1v) is 13.3. The van der Waals surface area contributed by atoms with Gasteiger partial charge in [-0.2, -0.15) is 0 Å². The van der Waals surface area contributed by atoms with Crippen molar-refractivity contribution >= 4 is 17.2 Å². The predicted molar refractivity (Wildman–Crippen MR) is 142 cm³/mol. The monoisotopic (exact) mass is 492 g/mol. The largest absolute Gasteiger partial charge is 0.411 e. The topological polar surface area (TPSA) is 71.4 Å². The fraction of sp³-hybridized carbons (Fsp3) is 0.600. The molecule has 4 aliphatic rings. The van der Waals surface area contributed by atoms with Gasteiger partial charge in [-0.25, -0.2) is 0 Å². The maximum atomic E-state index is 13.6. The maximum Gasteiger partial charge on any atom is 0.190 e. The molecule has 6 nitrogen and oxygen atoms in total. The van der Waals surface area contributed by atoms with Crippen LogP contribution in [0.3, 0.4) is 0 Å². The number of carbonyl (C=O) groups is 1. The number of ketones is 1. The summed E-state index contributed by atoms with van der Waals surface area (Å²) in [5.41, 5.74) is 6.56. The van der Waals surface area contributed by atoms with Crippen LogP contribution in [-0.2, 0) is 14.3 Å². The molecule has 1 aromatic rings. The van der Waals surface area contributed by atoms with Crippen LogP contribution in [0.1, 0.15) is 63.4 Å². The van der Waals surface area contributed by atoms with E-state index in [-0.39, 0.29) is 23.7 Å². The minimum Gasteiger partial charge on any atom is -0.411 e. The Morgan fingerprint density at radius 2 is 1.89 bits per heavy atom. The molecule has 6 heteroatoms. The van der Waals surface area contributed by atoms with E-state index in [2.05, 4.69) is 61.4 Å². The fourth-order valence-electron chi connectivity index (χ4n) is 8.20. The summed E-state index contributed by atoms with van der Waals surface area (Å²) in [6, 6.07) is 8.96. The Hall–Kier alpha value is -2.44. The SMILES string of the molecule is COCC(=O)[C@@]1(OC)CC[C@H]2[C@@H]3CCC4=C/C(=N\O)CCC4=C3[C@@H](c3ccc(N(C)C)cc3)C[C@@]21C. The summed E-state index contributed by atoms with van der Waals surface area (Å²) in [6.07, 6.45) is 8.49. The molecule has 1 aromatic carbocycles. The van der Waals surface area contributed by atoms with E-state index in [4.69, 9.17) is 9.47 Å². The summed E-state index contributed by atoms with van der Waals surface area (Å²) in [6.45, 7) is 2.40. The second-order valence-electron chi connectivity index (χ2n) is 11.5. The van der Waals surface area contributed by atoms with Crippen LogP contribution in [0.5, 0.6) is 0 Å². The van der Waals surface area contributed by atoms with Crippen molar-refractivity contribution in [2.75, 3.05) is 39.8 Å². The number of Topliss-reactive ketones (excluding diaryl/α,β-unsaturated/α-hetero) is 1. The van der Waals surface area contributed by atoms with Crippen LogP contribution in [-0.4, -0.2) is 57.2 Å². The van der Waals surface area contributed by atoms with Gasteiger partial charge in [0, 0.05) is 45.3 Å². The zero-order valence-electron chi connectivity index (χ0n) is 22.3. The molecule has 0 radical (unpaired) electrons. The highest BCUT2D eigenvalue weighted by Crippen LogP contribution is 2.67. The highest BCUT2D eigenvalue weighted by Gasteiger charge is 2.66. The van der Waals surface area contributed by atoms with Crippen molar-refractivity contribution in [1.82, 2.24) is 0 Å². The molecule has 0 saturated heterocycles. The van der Waals surface area contributed by atoms with Gasteiger partial charge in [0.1, 0.15) is 12.2 Å². The predicted octanol–water partition coefficient (Wildman–Crippen LogP) is 5.51. The van der Waals surface area contributed by atoms with Gasteiger partial charge in [0.25, 0.3) is 0 Å². The van der Waals surface area contributed by atoms with Gasteiger partial charge in [0.15, 0.2) is 5.78 Å². The van der Waals surface area contributed by atoms with E-state index < -0.39 is 5.60 Å². The number of methoxy groups -OCH3 is 2. The Morgan fingerprint density at radius 3 is 2.53 bits per heavy atom. The number of carbonyl (C=O) groups excluding carboxylic acids is 1. The van der Waals surface area contributed by atoms with E-state index in [9.17, 15) is 10.0 Å². The number of nitrogens with zero attached hydrogens (tertiary/aromatic N) is 2. The van der Waals surface area contributed by atoms with Crippen molar-refractivity contribution < 1.29 is 19.5 Å². The van der Waals surface area contributed by atoms with E-state index in [0.29, 0.717) is 11.8 Å². The minimum atomic E-state index is -0.814. The van der Waals surface area contributed by atoms with Crippen molar-refractivity contribution in [3.8, 4) is 0 Å². The molecule has 5 atom stereocenters. The Labute approximate surface area is 215 Å². The summed E-state index contributed by atoms with van der Waals surface area (Å²) in [4.78, 5) is 15.7. The Balaban J connectivity index is 1.66. The summed E-state index contributed by atoms with van der Waals surface area (Å²) in [7, 11) is 7.44. The van der Waals surface area contributed by atoms with Gasteiger partial charge in [-0.15, -0.1) is 0 Å². The lowest BCUT2D eigenvalue weighted by Crippen LogP contribution is -2.57. The van der Waals surface area contributed by atoms with Crippen molar-refractivity contribution in [2.45, 2.75) is 63.4 Å². The lowest BCUT2D eigenvalue weighted by molar-refractivity contribution is -0.166. The Bertz CT molecular complexity index is 1120. The number of fused-ring (bicyclic) bond motifs is 4. The standard InChI is InChI=1S/C30H40N2O4/c1-29-17-25(19-6-10-22(11-7-19)32(2)3)28-23-13-9-21(31-34)16-20(23)8-12-24(28)26(29)14-15-30(29,36-5)27(33)18-35-4/h6-7,10-11,16,24-26,34H,8-9,12-15,17-18H2,1-5H3/b31-21-/t24-,25+,26-,29-,30-/m0/s1. The number of allylic oxidation sites excluding steroid dienone is 4. The summed E-state index contributed by atoms with van der Waals surface area (Å²) >= 11 is 0. The minimum absolute atomic E-state index is 0.0770. The first-order valence-electron chi connectivity index (χ1n) is 13.3. The molecule has 2 saturated carbocycles. The van der Waals surface area contributed by atoms with Gasteiger partial charge >= 0.3 is 0 Å². The summed E-state index contributed by atoms with van der Waals surface area (Å²) in [5, 5.41) is 12.9. The molecule has 0 amide bonds. The normalized spacial score (nSPS) is 34.6. The molecule has 36 heavy (non-hydrogen) atoms. The molecule has 0 unspecified atom stereocenters. The maximum absolute atomic E-state index is 13.6. The fourth-order valence-corrected chi connectivity index (χ4v) is 8.20. The molecule has 0 aliphatic heterocycles. The smallest absolute Gasteiger partial charge is 0.190 e. The molecule has 0 heterocycles. The van der Waals surface area contributed by atoms with Gasteiger partial charge in [-0.3, -0.25) is 4.79 Å². The quantitative estimate of drug-likeness (QED) is 0.419. The average Bonchev–Trinajstić information content (AvgIpc) is 3.20. The number of hydrogen-bond donors (Lipinski definition) is 1. The third-order valence-electron chi connectivity index (χ3n) is 9.88.